The van der Waals surface area contributed by atoms with E-state index in [1.807, 2.05) is 0 Å². The van der Waals surface area contributed by atoms with Gasteiger partial charge in [-0.15, -0.1) is 0 Å². The van der Waals surface area contributed by atoms with Crippen LogP contribution in [-0.4, -0.2) is 6.26 Å². The summed E-state index contributed by atoms with van der Waals surface area (Å²) in [7, 11) is 0. The van der Waals surface area contributed by atoms with Crippen LogP contribution < -0.4 is 0 Å². The molecule has 60 valence electrons. The highest BCUT2D eigenvalue weighted by molar-refractivity contribution is 8.26. The first-order chi connectivity index (χ1) is 5.08. The first-order valence-electron chi connectivity index (χ1n) is 3.01. The van der Waals surface area contributed by atoms with Gasteiger partial charge in [0, 0.05) is 0 Å². The van der Waals surface area contributed by atoms with Crippen LogP contribution >= 0.6 is 11.6 Å². The predicted molar refractivity (Wildman–Crippen MR) is 41.4 cm³/mol. The summed E-state index contributed by atoms with van der Waals surface area (Å²) in [5, 5.41) is 0. The summed E-state index contributed by atoms with van der Waals surface area (Å²) in [6, 6.07) is 7.75. The lowest BCUT2D eigenvalue weighted by Gasteiger charge is -2.13. The second-order valence-corrected chi connectivity index (χ2v) is 3.19. The highest BCUT2D eigenvalue weighted by atomic mass is 32.2. The minimum atomic E-state index is -4.77. The summed E-state index contributed by atoms with van der Waals surface area (Å²) in [4.78, 5) is 0.250. The van der Waals surface area contributed by atoms with Gasteiger partial charge in [0.05, 0.1) is 0 Å². The van der Waals surface area contributed by atoms with Crippen LogP contribution in [0.3, 0.4) is 0 Å². The van der Waals surface area contributed by atoms with E-state index in [9.17, 15) is 12.9 Å². The summed E-state index contributed by atoms with van der Waals surface area (Å²) in [5.41, 5.74) is 0. The summed E-state index contributed by atoms with van der Waals surface area (Å²) in [6.07, 6.45) is -4.77. The van der Waals surface area contributed by atoms with Gasteiger partial charge in [0.25, 0.3) is 0 Å². The highest BCUT2D eigenvalue weighted by Gasteiger charge is 2.23. The van der Waals surface area contributed by atoms with E-state index in [0.717, 1.165) is 0 Å². The number of benzene rings is 1. The SMILES string of the molecule is F[B-](F)(F)Sc1ccccc1. The van der Waals surface area contributed by atoms with Crippen molar-refractivity contribution in [2.45, 2.75) is 4.90 Å². The van der Waals surface area contributed by atoms with Gasteiger partial charge in [-0.2, -0.15) is 0 Å². The minimum Gasteiger partial charge on any atom is -0.439 e. The van der Waals surface area contributed by atoms with Crippen molar-refractivity contribution in [1.82, 2.24) is 0 Å². The number of rotatable bonds is 2. The van der Waals surface area contributed by atoms with Crippen LogP contribution in [0.25, 0.3) is 0 Å². The Labute approximate surface area is 66.8 Å². The third kappa shape index (κ3) is 3.37. The fraction of sp³-hybridized carbons (Fsp3) is 0. The predicted octanol–water partition coefficient (Wildman–Crippen LogP) is 3.12. The average Bonchev–Trinajstić information content (AvgIpc) is 1.85. The van der Waals surface area contributed by atoms with Crippen molar-refractivity contribution in [3.63, 3.8) is 0 Å². The van der Waals surface area contributed by atoms with Gasteiger partial charge in [-0.25, -0.2) is 11.6 Å². The average molecular weight is 177 g/mol. The largest absolute Gasteiger partial charge is 0.547 e. The lowest BCUT2D eigenvalue weighted by atomic mass is 10.4. The Morgan fingerprint density at radius 2 is 1.55 bits per heavy atom. The van der Waals surface area contributed by atoms with Crippen molar-refractivity contribution >= 4 is 17.9 Å². The molecule has 0 bridgehead atoms. The molecule has 0 radical (unpaired) electrons. The first kappa shape index (κ1) is 8.52. The van der Waals surface area contributed by atoms with Gasteiger partial charge in [-0.05, 0) is 4.90 Å². The van der Waals surface area contributed by atoms with Crippen molar-refractivity contribution in [2.24, 2.45) is 0 Å². The number of halogens is 3. The molecule has 0 saturated carbocycles. The van der Waals surface area contributed by atoms with Gasteiger partial charge in [0.2, 0.25) is 0 Å². The molecule has 0 spiro atoms. The second kappa shape index (κ2) is 3.22. The van der Waals surface area contributed by atoms with Crippen molar-refractivity contribution in [2.75, 3.05) is 0 Å². The Hall–Kier alpha value is -0.575. The molecule has 0 nitrogen and oxygen atoms in total. The van der Waals surface area contributed by atoms with Crippen LogP contribution in [-0.2, 0) is 0 Å². The van der Waals surface area contributed by atoms with E-state index in [4.69, 9.17) is 0 Å². The van der Waals surface area contributed by atoms with Crippen molar-refractivity contribution < 1.29 is 12.9 Å². The maximum Gasteiger partial charge on any atom is 0.547 e. The fourth-order valence-electron chi connectivity index (χ4n) is 0.653. The van der Waals surface area contributed by atoms with E-state index >= 15 is 0 Å². The maximum atomic E-state index is 11.8. The highest BCUT2D eigenvalue weighted by Crippen LogP contribution is 2.31. The van der Waals surface area contributed by atoms with E-state index in [1.54, 1.807) is 18.2 Å². The third-order valence-corrected chi connectivity index (χ3v) is 1.82. The lowest BCUT2D eigenvalue weighted by Crippen LogP contribution is -2.07. The van der Waals surface area contributed by atoms with Gasteiger partial charge in [-0.3, -0.25) is 0 Å². The van der Waals surface area contributed by atoms with E-state index < -0.39 is 6.26 Å². The molecule has 0 aromatic heterocycles. The minimum absolute atomic E-state index is 0.0368. The normalized spacial score (nSPS) is 11.5. The van der Waals surface area contributed by atoms with Gasteiger partial charge in [0.1, 0.15) is 0 Å². The van der Waals surface area contributed by atoms with Crippen LogP contribution in [0, 0.1) is 0 Å². The van der Waals surface area contributed by atoms with Gasteiger partial charge >= 0.3 is 6.26 Å². The van der Waals surface area contributed by atoms with Crippen LogP contribution in [0.1, 0.15) is 0 Å². The van der Waals surface area contributed by atoms with Crippen molar-refractivity contribution in [3.05, 3.63) is 30.3 Å². The van der Waals surface area contributed by atoms with Crippen LogP contribution in [0.15, 0.2) is 35.2 Å². The van der Waals surface area contributed by atoms with Crippen molar-refractivity contribution in [1.29, 1.82) is 0 Å². The zero-order valence-electron chi connectivity index (χ0n) is 5.51. The Morgan fingerprint density at radius 3 is 2.00 bits per heavy atom. The molecule has 5 heteroatoms. The molecule has 0 heterocycles. The summed E-state index contributed by atoms with van der Waals surface area (Å²) in [6.45, 7) is 0. The Kier molecular flexibility index (Phi) is 2.49. The van der Waals surface area contributed by atoms with Gasteiger partial charge in [-0.1, -0.05) is 30.3 Å². The Balaban J connectivity index is 2.66. The molecular weight excluding hydrogens is 172 g/mol. The molecule has 11 heavy (non-hydrogen) atoms. The molecule has 0 aliphatic rings. The van der Waals surface area contributed by atoms with E-state index in [0.29, 0.717) is 0 Å². The summed E-state index contributed by atoms with van der Waals surface area (Å²) in [5.74, 6) is 0. The molecule has 0 unspecified atom stereocenters. The smallest absolute Gasteiger partial charge is 0.439 e. The maximum absolute atomic E-state index is 11.8. The Morgan fingerprint density at radius 1 is 1.00 bits per heavy atom. The molecule has 1 aromatic carbocycles. The van der Waals surface area contributed by atoms with E-state index in [-0.39, 0.29) is 16.5 Å². The molecule has 0 fully saturated rings. The fourth-order valence-corrected chi connectivity index (χ4v) is 1.28. The molecule has 0 N–H and O–H groups in total. The summed E-state index contributed by atoms with van der Waals surface area (Å²) >= 11 is -0.0368. The topological polar surface area (TPSA) is 0 Å². The molecule has 1 aromatic rings. The molecule has 1 rings (SSSR count). The van der Waals surface area contributed by atoms with Crippen LogP contribution in [0.4, 0.5) is 12.9 Å². The quantitative estimate of drug-likeness (QED) is 0.625. The zero-order chi connectivity index (χ0) is 8.32. The molecule has 0 aliphatic heterocycles. The second-order valence-electron chi connectivity index (χ2n) is 1.95. The third-order valence-electron chi connectivity index (χ3n) is 1.01. The Bertz CT molecular complexity index is 221. The lowest BCUT2D eigenvalue weighted by molar-refractivity contribution is 0.520. The first-order valence-corrected chi connectivity index (χ1v) is 3.88. The van der Waals surface area contributed by atoms with E-state index in [2.05, 4.69) is 0 Å². The zero-order valence-corrected chi connectivity index (χ0v) is 6.32. The number of hydrogen-bond acceptors (Lipinski definition) is 1. The summed E-state index contributed by atoms with van der Waals surface area (Å²) < 4.78 is 35.3. The van der Waals surface area contributed by atoms with Gasteiger partial charge < -0.3 is 12.9 Å². The molecule has 0 amide bonds. The van der Waals surface area contributed by atoms with Gasteiger partial charge in [0.15, 0.2) is 0 Å². The van der Waals surface area contributed by atoms with E-state index in [1.165, 1.54) is 12.1 Å². The number of hydrogen-bond donors (Lipinski definition) is 0. The van der Waals surface area contributed by atoms with Crippen LogP contribution in [0.5, 0.6) is 0 Å². The standard InChI is InChI=1S/C6H5BF3S/c8-7(9,10)11-6-4-2-1-3-5-6/h1-5H/q-1. The van der Waals surface area contributed by atoms with Crippen LogP contribution in [0.2, 0.25) is 0 Å². The molecule has 0 atom stereocenters. The molecular formula is C6H5BF3S-. The monoisotopic (exact) mass is 177 g/mol. The van der Waals surface area contributed by atoms with Crippen molar-refractivity contribution in [3.8, 4) is 0 Å². The molecule has 0 saturated heterocycles. The molecule has 0 aliphatic carbocycles.